The second kappa shape index (κ2) is 12.8. The zero-order valence-corrected chi connectivity index (χ0v) is 19.6. The molecule has 1 atom stereocenters. The molecule has 0 aliphatic carbocycles. The van der Waals surface area contributed by atoms with E-state index in [1.807, 2.05) is 29.2 Å². The van der Waals surface area contributed by atoms with E-state index in [-0.39, 0.29) is 24.5 Å². The lowest BCUT2D eigenvalue weighted by atomic mass is 10.1. The van der Waals surface area contributed by atoms with Gasteiger partial charge in [-0.1, -0.05) is 26.0 Å². The van der Waals surface area contributed by atoms with Crippen molar-refractivity contribution >= 4 is 23.2 Å². The molecule has 2 aromatic rings. The van der Waals surface area contributed by atoms with Crippen LogP contribution in [-0.2, 0) is 9.53 Å². The summed E-state index contributed by atoms with van der Waals surface area (Å²) < 4.78 is 11.5. The number of nitrogens with zero attached hydrogens (tertiary/aromatic N) is 1. The molecule has 0 radical (unpaired) electrons. The molecule has 1 saturated heterocycles. The van der Waals surface area contributed by atoms with E-state index in [0.29, 0.717) is 23.6 Å². The Kier molecular flexibility index (Phi) is 9.57. The Morgan fingerprint density at radius 3 is 2.45 bits per heavy atom. The second-order valence-corrected chi connectivity index (χ2v) is 8.21. The lowest BCUT2D eigenvalue weighted by Gasteiger charge is -2.21. The summed E-state index contributed by atoms with van der Waals surface area (Å²) in [6.07, 6.45) is 4.06. The summed E-state index contributed by atoms with van der Waals surface area (Å²) >= 11 is 0. The molecule has 7 nitrogen and oxygen atoms in total. The van der Waals surface area contributed by atoms with Gasteiger partial charge in [0.05, 0.1) is 18.3 Å². The largest absolute Gasteiger partial charge is 0.489 e. The molecule has 33 heavy (non-hydrogen) atoms. The highest BCUT2D eigenvalue weighted by Crippen LogP contribution is 2.25. The van der Waals surface area contributed by atoms with Gasteiger partial charge in [-0.25, -0.2) is 0 Å². The lowest BCUT2D eigenvalue weighted by molar-refractivity contribution is -0.114. The van der Waals surface area contributed by atoms with E-state index < -0.39 is 0 Å². The number of rotatable bonds is 12. The summed E-state index contributed by atoms with van der Waals surface area (Å²) in [5.74, 6) is 0.548. The minimum Gasteiger partial charge on any atom is -0.489 e. The molecular formula is C26H35N3O4. The van der Waals surface area contributed by atoms with Crippen LogP contribution in [0.25, 0.3) is 0 Å². The Balaban J connectivity index is 1.50. The van der Waals surface area contributed by atoms with Crippen molar-refractivity contribution in [1.82, 2.24) is 4.90 Å². The molecule has 7 heteroatoms. The Bertz CT molecular complexity index is 889. The third-order valence-electron chi connectivity index (χ3n) is 5.47. The number of para-hydroxylation sites is 2. The summed E-state index contributed by atoms with van der Waals surface area (Å²) in [7, 11) is 0. The maximum atomic E-state index is 12.7. The minimum atomic E-state index is -0.179. The van der Waals surface area contributed by atoms with Gasteiger partial charge in [-0.3, -0.25) is 9.59 Å². The molecular weight excluding hydrogens is 418 g/mol. The van der Waals surface area contributed by atoms with Crippen molar-refractivity contribution in [3.63, 3.8) is 0 Å². The van der Waals surface area contributed by atoms with Crippen LogP contribution in [0, 0.1) is 0 Å². The van der Waals surface area contributed by atoms with E-state index in [4.69, 9.17) is 9.47 Å². The molecule has 1 aliphatic rings. The van der Waals surface area contributed by atoms with Gasteiger partial charge in [0.15, 0.2) is 0 Å². The Hall–Kier alpha value is -3.06. The summed E-state index contributed by atoms with van der Waals surface area (Å²) in [6.45, 7) is 7.02. The molecule has 2 amide bonds. The summed E-state index contributed by atoms with van der Waals surface area (Å²) in [5.41, 5.74) is 2.04. The van der Waals surface area contributed by atoms with Crippen molar-refractivity contribution in [3.05, 3.63) is 54.1 Å². The molecule has 3 rings (SSSR count). The van der Waals surface area contributed by atoms with E-state index in [9.17, 15) is 9.59 Å². The first-order valence-corrected chi connectivity index (χ1v) is 11.9. The average Bonchev–Trinajstić information content (AvgIpc) is 3.35. The molecule has 1 unspecified atom stereocenters. The Labute approximate surface area is 196 Å². The smallest absolute Gasteiger partial charge is 0.253 e. The minimum absolute atomic E-state index is 0.0258. The maximum Gasteiger partial charge on any atom is 0.253 e. The third-order valence-corrected chi connectivity index (χ3v) is 5.47. The molecule has 1 fully saturated rings. The van der Waals surface area contributed by atoms with Gasteiger partial charge in [-0.15, -0.1) is 0 Å². The highest BCUT2D eigenvalue weighted by atomic mass is 16.5. The lowest BCUT2D eigenvalue weighted by Crippen LogP contribution is -2.32. The van der Waals surface area contributed by atoms with Gasteiger partial charge >= 0.3 is 0 Å². The molecule has 0 spiro atoms. The van der Waals surface area contributed by atoms with Crippen LogP contribution in [0.1, 0.15) is 49.9 Å². The molecule has 1 heterocycles. The number of carbonyl (C=O) groups excluding carboxylic acids is 2. The first-order chi connectivity index (χ1) is 16.1. The summed E-state index contributed by atoms with van der Waals surface area (Å²) in [4.78, 5) is 27.0. The molecule has 2 aromatic carbocycles. The molecule has 0 saturated carbocycles. The van der Waals surface area contributed by atoms with Crippen LogP contribution in [0.5, 0.6) is 5.75 Å². The zero-order chi connectivity index (χ0) is 23.5. The second-order valence-electron chi connectivity index (χ2n) is 8.21. The highest BCUT2D eigenvalue weighted by Gasteiger charge is 2.17. The Morgan fingerprint density at radius 1 is 1.06 bits per heavy atom. The molecule has 1 aliphatic heterocycles. The van der Waals surface area contributed by atoms with Crippen LogP contribution in [0.2, 0.25) is 0 Å². The van der Waals surface area contributed by atoms with Gasteiger partial charge in [-0.05, 0) is 62.1 Å². The molecule has 2 N–H and O–H groups in total. The average molecular weight is 454 g/mol. The van der Waals surface area contributed by atoms with Crippen molar-refractivity contribution in [2.24, 2.45) is 0 Å². The monoisotopic (exact) mass is 453 g/mol. The predicted octanol–water partition coefficient (Wildman–Crippen LogP) is 4.56. The predicted molar refractivity (Wildman–Crippen MR) is 131 cm³/mol. The fraction of sp³-hybridized carbons (Fsp3) is 0.462. The normalized spacial score (nSPS) is 15.2. The van der Waals surface area contributed by atoms with Crippen molar-refractivity contribution in [2.45, 2.75) is 45.6 Å². The van der Waals surface area contributed by atoms with Crippen molar-refractivity contribution in [3.8, 4) is 5.75 Å². The summed E-state index contributed by atoms with van der Waals surface area (Å²) in [6, 6.07) is 14.6. The first kappa shape index (κ1) is 24.6. The standard InChI is InChI=1S/C26H35N3O4/c1-3-15-29(16-4-2)26(31)20-11-13-21(14-12-20)28-25(30)18-27-23-9-5-6-10-24(23)33-19-22-8-7-17-32-22/h5-6,9-14,22,27H,3-4,7-8,15-19H2,1-2H3,(H,28,30). The van der Waals surface area contributed by atoms with E-state index in [1.54, 1.807) is 24.3 Å². The van der Waals surface area contributed by atoms with Gasteiger partial charge < -0.3 is 25.0 Å². The number of benzene rings is 2. The number of nitrogens with one attached hydrogen (secondary N) is 2. The van der Waals surface area contributed by atoms with Crippen LogP contribution in [0.4, 0.5) is 11.4 Å². The number of ether oxygens (including phenoxy) is 2. The van der Waals surface area contributed by atoms with Gasteiger partial charge in [0.25, 0.3) is 5.91 Å². The van der Waals surface area contributed by atoms with Gasteiger partial charge in [-0.2, -0.15) is 0 Å². The van der Waals surface area contributed by atoms with Gasteiger partial charge in [0, 0.05) is 30.9 Å². The number of hydrogen-bond donors (Lipinski definition) is 2. The fourth-order valence-electron chi connectivity index (χ4n) is 3.81. The molecule has 0 bridgehead atoms. The van der Waals surface area contributed by atoms with Crippen LogP contribution in [0.3, 0.4) is 0 Å². The third kappa shape index (κ3) is 7.49. The fourth-order valence-corrected chi connectivity index (χ4v) is 3.81. The van der Waals surface area contributed by atoms with E-state index >= 15 is 0 Å². The number of amides is 2. The van der Waals surface area contributed by atoms with Gasteiger partial charge in [0.1, 0.15) is 12.4 Å². The van der Waals surface area contributed by atoms with Crippen molar-refractivity contribution in [1.29, 1.82) is 0 Å². The topological polar surface area (TPSA) is 79.9 Å². The number of anilines is 2. The maximum absolute atomic E-state index is 12.7. The number of hydrogen-bond acceptors (Lipinski definition) is 5. The van der Waals surface area contributed by atoms with Crippen LogP contribution >= 0.6 is 0 Å². The van der Waals surface area contributed by atoms with Crippen LogP contribution < -0.4 is 15.4 Å². The van der Waals surface area contributed by atoms with E-state index in [0.717, 1.165) is 51.1 Å². The van der Waals surface area contributed by atoms with E-state index in [1.165, 1.54) is 0 Å². The first-order valence-electron chi connectivity index (χ1n) is 11.9. The van der Waals surface area contributed by atoms with Crippen LogP contribution in [0.15, 0.2) is 48.5 Å². The van der Waals surface area contributed by atoms with Gasteiger partial charge in [0.2, 0.25) is 5.91 Å². The van der Waals surface area contributed by atoms with Crippen molar-refractivity contribution < 1.29 is 19.1 Å². The van der Waals surface area contributed by atoms with Crippen LogP contribution in [-0.4, -0.2) is 55.7 Å². The zero-order valence-electron chi connectivity index (χ0n) is 19.6. The van der Waals surface area contributed by atoms with Crippen molar-refractivity contribution in [2.75, 3.05) is 43.5 Å². The molecule has 178 valence electrons. The number of carbonyl (C=O) groups is 2. The molecule has 0 aromatic heterocycles. The summed E-state index contributed by atoms with van der Waals surface area (Å²) in [5, 5.41) is 6.01. The highest BCUT2D eigenvalue weighted by molar-refractivity contribution is 5.96. The van der Waals surface area contributed by atoms with E-state index in [2.05, 4.69) is 24.5 Å². The quantitative estimate of drug-likeness (QED) is 0.493. The SMILES string of the molecule is CCCN(CCC)C(=O)c1ccc(NC(=O)CNc2ccccc2OCC2CCCO2)cc1. The Morgan fingerprint density at radius 2 is 1.79 bits per heavy atom.